The molecule has 2 N–H and O–H groups in total. The van der Waals surface area contributed by atoms with Crippen LogP contribution in [0.1, 0.15) is 59.8 Å². The molecule has 0 saturated carbocycles. The minimum Gasteiger partial charge on any atom is -0.479 e. The molecule has 27 heavy (non-hydrogen) atoms. The van der Waals surface area contributed by atoms with Crippen molar-refractivity contribution < 1.29 is 38.4 Å². The number of nitrogens with one attached hydrogen (secondary N) is 1. The number of esters is 1. The average molecular weight is 389 g/mol. The van der Waals surface area contributed by atoms with Crippen molar-refractivity contribution in [3.05, 3.63) is 0 Å². The molecular weight excluding hydrogens is 358 g/mol. The van der Waals surface area contributed by atoms with Crippen LogP contribution in [0.5, 0.6) is 0 Å². The minimum atomic E-state index is -2.17. The van der Waals surface area contributed by atoms with Crippen LogP contribution in [0.2, 0.25) is 0 Å². The summed E-state index contributed by atoms with van der Waals surface area (Å²) >= 11 is 0. The number of ether oxygens (including phenoxy) is 4. The van der Waals surface area contributed by atoms with Gasteiger partial charge >= 0.3 is 18.0 Å². The molecule has 1 aliphatic heterocycles. The zero-order chi connectivity index (χ0) is 20.5. The Labute approximate surface area is 159 Å². The lowest BCUT2D eigenvalue weighted by molar-refractivity contribution is -0.240. The molecule has 2 atom stereocenters. The molecule has 0 aliphatic carbocycles. The first-order chi connectivity index (χ1) is 12.6. The summed E-state index contributed by atoms with van der Waals surface area (Å²) in [5, 5.41) is 12.3. The number of carbonyl (C=O) groups is 3. The maximum atomic E-state index is 12.4. The van der Waals surface area contributed by atoms with E-state index in [1.165, 1.54) is 0 Å². The van der Waals surface area contributed by atoms with E-state index in [1.54, 1.807) is 27.7 Å². The highest BCUT2D eigenvalue weighted by Crippen LogP contribution is 2.27. The molecule has 0 spiro atoms. The Morgan fingerprint density at radius 2 is 1.93 bits per heavy atom. The van der Waals surface area contributed by atoms with E-state index in [-0.39, 0.29) is 26.0 Å². The molecule has 1 aliphatic rings. The Balaban J connectivity index is 2.73. The third-order valence-corrected chi connectivity index (χ3v) is 3.80. The Morgan fingerprint density at radius 3 is 2.44 bits per heavy atom. The fraction of sp³-hybridized carbons (Fsp3) is 0.833. The van der Waals surface area contributed by atoms with Gasteiger partial charge in [-0.1, -0.05) is 0 Å². The topological polar surface area (TPSA) is 120 Å². The first kappa shape index (κ1) is 23.2. The summed E-state index contributed by atoms with van der Waals surface area (Å²) in [5.41, 5.74) is -2.81. The number of carboxylic acids is 1. The highest BCUT2D eigenvalue weighted by Gasteiger charge is 2.51. The molecule has 9 heteroatoms. The molecular formula is C18H31NO8. The van der Waals surface area contributed by atoms with Crippen LogP contribution in [0.4, 0.5) is 4.79 Å². The van der Waals surface area contributed by atoms with Crippen LogP contribution in [0.3, 0.4) is 0 Å². The maximum absolute atomic E-state index is 12.4. The van der Waals surface area contributed by atoms with Crippen molar-refractivity contribution in [2.75, 3.05) is 19.8 Å². The summed E-state index contributed by atoms with van der Waals surface area (Å²) in [4.78, 5) is 36.0. The SMILES string of the molecule is CCOC(=O)C(CCCNC(=O)OC(C)(C)C)(OC1CCCCO1)C(=O)O. The van der Waals surface area contributed by atoms with Crippen LogP contribution in [0, 0.1) is 0 Å². The second kappa shape index (κ2) is 10.5. The molecule has 1 saturated heterocycles. The molecule has 1 rings (SSSR count). The number of amides is 1. The van der Waals surface area contributed by atoms with Crippen molar-refractivity contribution in [3.8, 4) is 0 Å². The second-order valence-corrected chi connectivity index (χ2v) is 7.30. The van der Waals surface area contributed by atoms with Crippen molar-refractivity contribution >= 4 is 18.0 Å². The van der Waals surface area contributed by atoms with Crippen LogP contribution in [-0.2, 0) is 28.5 Å². The Morgan fingerprint density at radius 1 is 1.22 bits per heavy atom. The Bertz CT molecular complexity index is 510. The van der Waals surface area contributed by atoms with Crippen molar-refractivity contribution in [2.24, 2.45) is 0 Å². The van der Waals surface area contributed by atoms with E-state index >= 15 is 0 Å². The van der Waals surface area contributed by atoms with Gasteiger partial charge in [0, 0.05) is 19.6 Å². The van der Waals surface area contributed by atoms with Crippen LogP contribution < -0.4 is 5.32 Å². The molecule has 0 aromatic carbocycles. The van der Waals surface area contributed by atoms with Crippen LogP contribution in [0.15, 0.2) is 0 Å². The molecule has 0 aromatic rings. The Hall–Kier alpha value is -1.87. The van der Waals surface area contributed by atoms with Crippen molar-refractivity contribution in [1.29, 1.82) is 0 Å². The summed E-state index contributed by atoms with van der Waals surface area (Å²) in [6.45, 7) is 7.40. The third-order valence-electron chi connectivity index (χ3n) is 3.80. The summed E-state index contributed by atoms with van der Waals surface area (Å²) in [5.74, 6) is -2.41. The van der Waals surface area contributed by atoms with Gasteiger partial charge in [0.1, 0.15) is 5.60 Å². The monoisotopic (exact) mass is 389 g/mol. The lowest BCUT2D eigenvalue weighted by Gasteiger charge is -2.33. The number of alkyl carbamates (subject to hydrolysis) is 1. The van der Waals surface area contributed by atoms with Gasteiger partial charge in [-0.15, -0.1) is 0 Å². The van der Waals surface area contributed by atoms with E-state index in [2.05, 4.69) is 5.32 Å². The van der Waals surface area contributed by atoms with Gasteiger partial charge in [-0.05, 0) is 53.4 Å². The summed E-state index contributed by atoms with van der Waals surface area (Å²) in [6, 6.07) is 0. The molecule has 0 radical (unpaired) electrons. The van der Waals surface area contributed by atoms with Gasteiger partial charge in [0.2, 0.25) is 0 Å². The molecule has 9 nitrogen and oxygen atoms in total. The average Bonchev–Trinajstić information content (AvgIpc) is 2.57. The van der Waals surface area contributed by atoms with Crippen LogP contribution in [0.25, 0.3) is 0 Å². The molecule has 1 fully saturated rings. The quantitative estimate of drug-likeness (QED) is 0.350. The summed E-state index contributed by atoms with van der Waals surface area (Å²) < 4.78 is 21.1. The van der Waals surface area contributed by atoms with E-state index in [0.717, 1.165) is 12.8 Å². The van der Waals surface area contributed by atoms with E-state index in [1.807, 2.05) is 0 Å². The molecule has 0 bridgehead atoms. The predicted molar refractivity (Wildman–Crippen MR) is 95.1 cm³/mol. The number of carbonyl (C=O) groups excluding carboxylic acids is 2. The highest BCUT2D eigenvalue weighted by atomic mass is 16.7. The largest absolute Gasteiger partial charge is 0.479 e. The summed E-state index contributed by atoms with van der Waals surface area (Å²) in [7, 11) is 0. The maximum Gasteiger partial charge on any atom is 0.407 e. The van der Waals surface area contributed by atoms with E-state index in [4.69, 9.17) is 18.9 Å². The molecule has 2 unspecified atom stereocenters. The van der Waals surface area contributed by atoms with Gasteiger partial charge in [-0.3, -0.25) is 0 Å². The van der Waals surface area contributed by atoms with E-state index in [9.17, 15) is 19.5 Å². The normalized spacial score (nSPS) is 19.6. The first-order valence-electron chi connectivity index (χ1n) is 9.27. The smallest absolute Gasteiger partial charge is 0.407 e. The van der Waals surface area contributed by atoms with Gasteiger partial charge in [-0.2, -0.15) is 0 Å². The van der Waals surface area contributed by atoms with Gasteiger partial charge in [0.25, 0.3) is 5.60 Å². The van der Waals surface area contributed by atoms with Gasteiger partial charge in [-0.25, -0.2) is 14.4 Å². The lowest BCUT2D eigenvalue weighted by Crippen LogP contribution is -2.53. The van der Waals surface area contributed by atoms with Gasteiger partial charge in [0.05, 0.1) is 6.61 Å². The van der Waals surface area contributed by atoms with Crippen molar-refractivity contribution in [1.82, 2.24) is 5.32 Å². The standard InChI is InChI=1S/C18H31NO8/c1-5-24-15(22)18(14(20)21,26-13-9-6-7-12-25-13)10-8-11-19-16(23)27-17(2,3)4/h13H,5-12H2,1-4H3,(H,19,23)(H,20,21). The van der Waals surface area contributed by atoms with Crippen LogP contribution >= 0.6 is 0 Å². The van der Waals surface area contributed by atoms with Crippen LogP contribution in [-0.4, -0.2) is 60.4 Å². The predicted octanol–water partition coefficient (Wildman–Crippen LogP) is 2.22. The molecule has 1 heterocycles. The summed E-state index contributed by atoms with van der Waals surface area (Å²) in [6.07, 6.45) is 0.801. The first-order valence-corrected chi connectivity index (χ1v) is 9.27. The van der Waals surface area contributed by atoms with Crippen molar-refractivity contribution in [3.63, 3.8) is 0 Å². The fourth-order valence-corrected chi connectivity index (χ4v) is 2.57. The number of carboxylic acid groups (broad SMARTS) is 1. The number of hydrogen-bond donors (Lipinski definition) is 2. The lowest BCUT2D eigenvalue weighted by atomic mass is 9.97. The zero-order valence-corrected chi connectivity index (χ0v) is 16.5. The second-order valence-electron chi connectivity index (χ2n) is 7.30. The number of rotatable bonds is 9. The van der Waals surface area contributed by atoms with E-state index in [0.29, 0.717) is 13.0 Å². The zero-order valence-electron chi connectivity index (χ0n) is 16.5. The third kappa shape index (κ3) is 7.72. The van der Waals surface area contributed by atoms with Crippen molar-refractivity contribution in [2.45, 2.75) is 77.3 Å². The van der Waals surface area contributed by atoms with Gasteiger partial charge < -0.3 is 29.4 Å². The molecule has 156 valence electrons. The molecule has 0 aromatic heterocycles. The highest BCUT2D eigenvalue weighted by molar-refractivity contribution is 6.02. The fourth-order valence-electron chi connectivity index (χ4n) is 2.57. The minimum absolute atomic E-state index is 0.0267. The number of hydrogen-bond acceptors (Lipinski definition) is 7. The molecule has 1 amide bonds. The number of aliphatic carboxylic acids is 1. The van der Waals surface area contributed by atoms with Gasteiger partial charge in [0.15, 0.2) is 6.29 Å². The van der Waals surface area contributed by atoms with E-state index < -0.39 is 35.5 Å². The Kier molecular flexibility index (Phi) is 8.98.